The van der Waals surface area contributed by atoms with Crippen molar-refractivity contribution in [1.82, 2.24) is 0 Å². The number of hydrogen-bond donors (Lipinski definition) is 0. The highest BCUT2D eigenvalue weighted by atomic mass is 19.1. The molecule has 0 atom stereocenters. The first-order chi connectivity index (χ1) is 6.61. The van der Waals surface area contributed by atoms with Crippen LogP contribution in [-0.4, -0.2) is 5.78 Å². The molecule has 0 amide bonds. The van der Waals surface area contributed by atoms with Gasteiger partial charge in [0.1, 0.15) is 17.4 Å². The van der Waals surface area contributed by atoms with E-state index >= 15 is 0 Å². The molecule has 3 heteroatoms. The molecular formula is C11H8F2O. The Labute approximate surface area is 80.7 Å². The Balaban J connectivity index is 2.77. The Morgan fingerprint density at radius 1 is 1.29 bits per heavy atom. The summed E-state index contributed by atoms with van der Waals surface area (Å²) in [6.45, 7) is 0. The van der Waals surface area contributed by atoms with Gasteiger partial charge in [-0.2, -0.15) is 0 Å². The molecule has 14 heavy (non-hydrogen) atoms. The minimum absolute atomic E-state index is 0.0157. The number of carbonyl (C=O) groups is 1. The van der Waals surface area contributed by atoms with Crippen LogP contribution in [0.1, 0.15) is 12.0 Å². The lowest BCUT2D eigenvalue weighted by atomic mass is 10.1. The van der Waals surface area contributed by atoms with Gasteiger partial charge in [0.05, 0.1) is 6.42 Å². The molecule has 0 saturated heterocycles. The highest BCUT2D eigenvalue weighted by molar-refractivity contribution is 5.82. The van der Waals surface area contributed by atoms with Crippen molar-refractivity contribution in [3.05, 3.63) is 35.4 Å². The minimum atomic E-state index is -0.687. The van der Waals surface area contributed by atoms with E-state index in [1.54, 1.807) is 0 Å². The van der Waals surface area contributed by atoms with Crippen LogP contribution in [0.2, 0.25) is 0 Å². The number of benzene rings is 1. The molecule has 1 aromatic rings. The van der Waals surface area contributed by atoms with E-state index < -0.39 is 11.6 Å². The third-order valence-corrected chi connectivity index (χ3v) is 1.62. The maximum Gasteiger partial charge on any atom is 0.149 e. The van der Waals surface area contributed by atoms with E-state index in [1.807, 2.05) is 0 Å². The number of ketones is 1. The number of halogens is 2. The smallest absolute Gasteiger partial charge is 0.149 e. The Morgan fingerprint density at radius 3 is 2.36 bits per heavy atom. The van der Waals surface area contributed by atoms with Gasteiger partial charge in [-0.3, -0.25) is 4.79 Å². The second kappa shape index (κ2) is 4.52. The van der Waals surface area contributed by atoms with E-state index in [0.717, 1.165) is 18.2 Å². The molecule has 0 bridgehead atoms. The SMILES string of the molecule is C#CCC(=O)Cc1cc(F)cc(F)c1. The zero-order valence-electron chi connectivity index (χ0n) is 7.39. The fraction of sp³-hybridized carbons (Fsp3) is 0.182. The Bertz CT molecular complexity index is 371. The summed E-state index contributed by atoms with van der Waals surface area (Å²) in [6.07, 6.45) is 4.88. The summed E-state index contributed by atoms with van der Waals surface area (Å²) in [5, 5.41) is 0. The van der Waals surface area contributed by atoms with Gasteiger partial charge in [-0.15, -0.1) is 6.42 Å². The van der Waals surface area contributed by atoms with Crippen molar-refractivity contribution in [1.29, 1.82) is 0 Å². The lowest BCUT2D eigenvalue weighted by molar-refractivity contribution is -0.117. The van der Waals surface area contributed by atoms with Gasteiger partial charge in [-0.25, -0.2) is 8.78 Å². The van der Waals surface area contributed by atoms with Gasteiger partial charge in [-0.1, -0.05) is 5.92 Å². The zero-order chi connectivity index (χ0) is 10.6. The third kappa shape index (κ3) is 2.98. The first kappa shape index (κ1) is 10.4. The molecule has 1 nitrogen and oxygen atoms in total. The molecule has 0 radical (unpaired) electrons. The third-order valence-electron chi connectivity index (χ3n) is 1.62. The van der Waals surface area contributed by atoms with Gasteiger partial charge in [0.2, 0.25) is 0 Å². The lowest BCUT2D eigenvalue weighted by Gasteiger charge is -1.99. The summed E-state index contributed by atoms with van der Waals surface area (Å²) >= 11 is 0. The van der Waals surface area contributed by atoms with Crippen molar-refractivity contribution in [2.75, 3.05) is 0 Å². The lowest BCUT2D eigenvalue weighted by Crippen LogP contribution is -2.01. The van der Waals surface area contributed by atoms with E-state index in [1.165, 1.54) is 0 Å². The van der Waals surface area contributed by atoms with Crippen molar-refractivity contribution in [3.63, 3.8) is 0 Å². The Kier molecular flexibility index (Phi) is 3.35. The quantitative estimate of drug-likeness (QED) is 0.673. The molecule has 0 spiro atoms. The van der Waals surface area contributed by atoms with Crippen LogP contribution in [0.5, 0.6) is 0 Å². The molecule has 0 aliphatic heterocycles. The number of terminal acetylenes is 1. The van der Waals surface area contributed by atoms with Gasteiger partial charge >= 0.3 is 0 Å². The van der Waals surface area contributed by atoms with Gasteiger partial charge in [0.15, 0.2) is 0 Å². The average Bonchev–Trinajstić information content (AvgIpc) is 2.01. The molecule has 0 fully saturated rings. The molecule has 0 aliphatic rings. The van der Waals surface area contributed by atoms with Crippen LogP contribution >= 0.6 is 0 Å². The number of hydrogen-bond acceptors (Lipinski definition) is 1. The minimum Gasteiger partial charge on any atom is -0.298 e. The van der Waals surface area contributed by atoms with Crippen LogP contribution in [-0.2, 0) is 11.2 Å². The van der Waals surface area contributed by atoms with Gasteiger partial charge < -0.3 is 0 Å². The van der Waals surface area contributed by atoms with Crippen LogP contribution in [0.4, 0.5) is 8.78 Å². The summed E-state index contributed by atoms with van der Waals surface area (Å²) in [6, 6.07) is 3.00. The van der Waals surface area contributed by atoms with Crippen LogP contribution in [0.3, 0.4) is 0 Å². The largest absolute Gasteiger partial charge is 0.298 e. The molecule has 1 rings (SSSR count). The predicted molar refractivity (Wildman–Crippen MR) is 48.5 cm³/mol. The van der Waals surface area contributed by atoms with Crippen molar-refractivity contribution in [2.45, 2.75) is 12.8 Å². The van der Waals surface area contributed by atoms with Crippen molar-refractivity contribution < 1.29 is 13.6 Å². The topological polar surface area (TPSA) is 17.1 Å². The molecule has 0 N–H and O–H groups in total. The van der Waals surface area contributed by atoms with E-state index in [-0.39, 0.29) is 18.6 Å². The van der Waals surface area contributed by atoms with Crippen molar-refractivity contribution in [3.8, 4) is 12.3 Å². The molecule has 1 aromatic carbocycles. The second-order valence-corrected chi connectivity index (χ2v) is 2.87. The summed E-state index contributed by atoms with van der Waals surface area (Å²) in [7, 11) is 0. The Morgan fingerprint density at radius 2 is 1.86 bits per heavy atom. The fourth-order valence-electron chi connectivity index (χ4n) is 1.12. The predicted octanol–water partition coefficient (Wildman–Crippen LogP) is 2.10. The molecule has 72 valence electrons. The maximum absolute atomic E-state index is 12.7. The van der Waals surface area contributed by atoms with Gasteiger partial charge in [-0.05, 0) is 17.7 Å². The molecule has 0 aromatic heterocycles. The van der Waals surface area contributed by atoms with E-state index in [9.17, 15) is 13.6 Å². The Hall–Kier alpha value is -1.69. The summed E-state index contributed by atoms with van der Waals surface area (Å²) in [4.78, 5) is 11.0. The first-order valence-electron chi connectivity index (χ1n) is 4.02. The number of rotatable bonds is 3. The van der Waals surface area contributed by atoms with Crippen molar-refractivity contribution in [2.24, 2.45) is 0 Å². The summed E-state index contributed by atoms with van der Waals surface area (Å²) < 4.78 is 25.3. The van der Waals surface area contributed by atoms with Gasteiger partial charge in [0, 0.05) is 12.5 Å². The van der Waals surface area contributed by atoms with Crippen LogP contribution in [0.15, 0.2) is 18.2 Å². The summed E-state index contributed by atoms with van der Waals surface area (Å²) in [5.74, 6) is 0.582. The monoisotopic (exact) mass is 194 g/mol. The molecular weight excluding hydrogens is 186 g/mol. The highest BCUT2D eigenvalue weighted by Gasteiger charge is 2.05. The molecule has 0 unspecified atom stereocenters. The normalized spacial score (nSPS) is 9.50. The van der Waals surface area contributed by atoms with Crippen molar-refractivity contribution >= 4 is 5.78 Å². The standard InChI is InChI=1S/C11H8F2O/c1-2-3-11(14)6-8-4-9(12)7-10(13)5-8/h1,4-5,7H,3,6H2. The average molecular weight is 194 g/mol. The second-order valence-electron chi connectivity index (χ2n) is 2.87. The molecule has 0 aliphatic carbocycles. The number of Topliss-reactive ketones (excluding diaryl/α,β-unsaturated/α-hetero) is 1. The fourth-order valence-corrected chi connectivity index (χ4v) is 1.12. The van der Waals surface area contributed by atoms with E-state index in [2.05, 4.69) is 5.92 Å². The summed E-state index contributed by atoms with van der Waals surface area (Å²) in [5.41, 5.74) is 0.308. The number of carbonyl (C=O) groups excluding carboxylic acids is 1. The van der Waals surface area contributed by atoms with Crippen LogP contribution in [0, 0.1) is 24.0 Å². The van der Waals surface area contributed by atoms with Crippen LogP contribution in [0.25, 0.3) is 0 Å². The van der Waals surface area contributed by atoms with E-state index in [4.69, 9.17) is 6.42 Å². The maximum atomic E-state index is 12.7. The molecule has 0 heterocycles. The molecule has 0 saturated carbocycles. The van der Waals surface area contributed by atoms with E-state index in [0.29, 0.717) is 5.56 Å². The highest BCUT2D eigenvalue weighted by Crippen LogP contribution is 2.09. The first-order valence-corrected chi connectivity index (χ1v) is 4.02. The van der Waals surface area contributed by atoms with Crippen LogP contribution < -0.4 is 0 Å². The van der Waals surface area contributed by atoms with Gasteiger partial charge in [0.25, 0.3) is 0 Å². The zero-order valence-corrected chi connectivity index (χ0v) is 7.39.